The lowest BCUT2D eigenvalue weighted by Crippen LogP contribution is -2.25. The second-order valence-electron chi connectivity index (χ2n) is 3.77. The molecule has 0 saturated heterocycles. The highest BCUT2D eigenvalue weighted by atomic mass is 32.1. The molecule has 0 spiro atoms. The monoisotopic (exact) mass is 215 g/mol. The molecule has 4 nitrogen and oxygen atoms in total. The number of nitrogens with zero attached hydrogens (tertiary/aromatic N) is 2. The number of hydrogen-bond acceptors (Lipinski definition) is 5. The average molecular weight is 215 g/mol. The van der Waals surface area contributed by atoms with Crippen molar-refractivity contribution < 1.29 is 4.74 Å². The first-order valence-electron chi connectivity index (χ1n) is 4.64. The smallest absolute Gasteiger partial charge is 0.120 e. The Kier molecular flexibility index (Phi) is 3.97. The summed E-state index contributed by atoms with van der Waals surface area (Å²) in [5.41, 5.74) is 5.27. The topological polar surface area (TPSA) is 61.0 Å². The van der Waals surface area contributed by atoms with Gasteiger partial charge in [0.05, 0.1) is 5.60 Å². The van der Waals surface area contributed by atoms with Gasteiger partial charge in [-0.05, 0) is 20.4 Å². The zero-order valence-electron chi connectivity index (χ0n) is 8.91. The van der Waals surface area contributed by atoms with Crippen molar-refractivity contribution in [3.8, 4) is 0 Å². The van der Waals surface area contributed by atoms with Crippen LogP contribution in [-0.2, 0) is 17.6 Å². The number of ether oxygens (including phenoxy) is 1. The summed E-state index contributed by atoms with van der Waals surface area (Å²) in [6.45, 7) is 4.70. The molecule has 0 atom stereocenters. The fourth-order valence-electron chi connectivity index (χ4n) is 1.02. The van der Waals surface area contributed by atoms with E-state index in [0.29, 0.717) is 6.54 Å². The van der Waals surface area contributed by atoms with E-state index in [0.717, 1.165) is 22.9 Å². The van der Waals surface area contributed by atoms with Crippen LogP contribution in [0.1, 0.15) is 23.9 Å². The molecule has 0 aliphatic heterocycles. The van der Waals surface area contributed by atoms with Crippen molar-refractivity contribution in [2.24, 2.45) is 5.73 Å². The van der Waals surface area contributed by atoms with E-state index in [2.05, 4.69) is 10.2 Å². The molecule has 0 fully saturated rings. The van der Waals surface area contributed by atoms with E-state index in [9.17, 15) is 0 Å². The molecule has 1 heterocycles. The average Bonchev–Trinajstić information content (AvgIpc) is 2.53. The van der Waals surface area contributed by atoms with Gasteiger partial charge in [-0.3, -0.25) is 0 Å². The summed E-state index contributed by atoms with van der Waals surface area (Å²) in [7, 11) is 1.71. The maximum atomic E-state index is 5.44. The first kappa shape index (κ1) is 11.6. The Morgan fingerprint density at radius 2 is 2.00 bits per heavy atom. The van der Waals surface area contributed by atoms with Crippen LogP contribution in [0.25, 0.3) is 0 Å². The van der Waals surface area contributed by atoms with Gasteiger partial charge in [-0.1, -0.05) is 0 Å². The molecule has 0 bridgehead atoms. The van der Waals surface area contributed by atoms with Gasteiger partial charge in [-0.25, -0.2) is 0 Å². The van der Waals surface area contributed by atoms with Crippen LogP contribution >= 0.6 is 11.3 Å². The quantitative estimate of drug-likeness (QED) is 0.796. The first-order chi connectivity index (χ1) is 6.57. The van der Waals surface area contributed by atoms with Crippen LogP contribution in [0, 0.1) is 0 Å². The van der Waals surface area contributed by atoms with E-state index >= 15 is 0 Å². The van der Waals surface area contributed by atoms with Crippen molar-refractivity contribution in [1.82, 2.24) is 10.2 Å². The zero-order valence-corrected chi connectivity index (χ0v) is 9.73. The van der Waals surface area contributed by atoms with Crippen LogP contribution in [-0.4, -0.2) is 29.5 Å². The minimum atomic E-state index is -0.167. The molecule has 5 heteroatoms. The SMILES string of the molecule is COC(C)(C)Cc1nnc(CCN)s1. The zero-order chi connectivity index (χ0) is 10.6. The van der Waals surface area contributed by atoms with Crippen LogP contribution in [0.4, 0.5) is 0 Å². The van der Waals surface area contributed by atoms with Crippen molar-refractivity contribution in [3.05, 3.63) is 10.0 Å². The highest BCUT2D eigenvalue weighted by molar-refractivity contribution is 7.11. The number of nitrogens with two attached hydrogens (primary N) is 1. The number of hydrogen-bond donors (Lipinski definition) is 1. The van der Waals surface area contributed by atoms with Crippen molar-refractivity contribution in [1.29, 1.82) is 0 Å². The van der Waals surface area contributed by atoms with Gasteiger partial charge < -0.3 is 10.5 Å². The lowest BCUT2D eigenvalue weighted by atomic mass is 10.1. The van der Waals surface area contributed by atoms with Crippen molar-refractivity contribution >= 4 is 11.3 Å². The predicted octanol–water partition coefficient (Wildman–Crippen LogP) is 1.01. The largest absolute Gasteiger partial charge is 0.378 e. The van der Waals surface area contributed by atoms with E-state index in [4.69, 9.17) is 10.5 Å². The van der Waals surface area contributed by atoms with E-state index < -0.39 is 0 Å². The number of rotatable bonds is 5. The second kappa shape index (κ2) is 4.82. The fraction of sp³-hybridized carbons (Fsp3) is 0.778. The van der Waals surface area contributed by atoms with Crippen LogP contribution in [0.15, 0.2) is 0 Å². The predicted molar refractivity (Wildman–Crippen MR) is 57.5 cm³/mol. The fourth-order valence-corrected chi connectivity index (χ4v) is 2.10. The Labute approximate surface area is 88.5 Å². The van der Waals surface area contributed by atoms with Crippen LogP contribution < -0.4 is 5.73 Å². The van der Waals surface area contributed by atoms with Gasteiger partial charge in [0.15, 0.2) is 0 Å². The molecule has 80 valence electrons. The number of aromatic nitrogens is 2. The van der Waals surface area contributed by atoms with Gasteiger partial charge in [-0.2, -0.15) is 0 Å². The van der Waals surface area contributed by atoms with E-state index in [1.54, 1.807) is 18.4 Å². The molecule has 0 unspecified atom stereocenters. The molecule has 0 amide bonds. The molecule has 0 saturated carbocycles. The Hall–Kier alpha value is -0.520. The third kappa shape index (κ3) is 3.32. The highest BCUT2D eigenvalue weighted by Gasteiger charge is 2.19. The summed E-state index contributed by atoms with van der Waals surface area (Å²) in [5, 5.41) is 10.2. The molecular formula is C9H17N3OS. The van der Waals surface area contributed by atoms with Gasteiger partial charge in [-0.15, -0.1) is 21.5 Å². The summed E-state index contributed by atoms with van der Waals surface area (Å²) in [6.07, 6.45) is 1.61. The molecule has 0 radical (unpaired) electrons. The molecule has 0 aliphatic carbocycles. The van der Waals surface area contributed by atoms with Crippen LogP contribution in [0.3, 0.4) is 0 Å². The summed E-state index contributed by atoms with van der Waals surface area (Å²) in [4.78, 5) is 0. The maximum Gasteiger partial charge on any atom is 0.120 e. The second-order valence-corrected chi connectivity index (χ2v) is 4.92. The summed E-state index contributed by atoms with van der Waals surface area (Å²) in [5.74, 6) is 0. The van der Waals surface area contributed by atoms with Gasteiger partial charge in [0.2, 0.25) is 0 Å². The lowest BCUT2D eigenvalue weighted by Gasteiger charge is -2.20. The third-order valence-electron chi connectivity index (χ3n) is 2.00. The maximum absolute atomic E-state index is 5.44. The minimum Gasteiger partial charge on any atom is -0.378 e. The Morgan fingerprint density at radius 1 is 1.36 bits per heavy atom. The third-order valence-corrected chi connectivity index (χ3v) is 2.98. The number of methoxy groups -OCH3 is 1. The molecule has 14 heavy (non-hydrogen) atoms. The van der Waals surface area contributed by atoms with E-state index in [1.165, 1.54) is 0 Å². The summed E-state index contributed by atoms with van der Waals surface area (Å²) < 4.78 is 5.33. The highest BCUT2D eigenvalue weighted by Crippen LogP contribution is 2.19. The van der Waals surface area contributed by atoms with Gasteiger partial charge in [0.25, 0.3) is 0 Å². The standard InChI is InChI=1S/C9H17N3OS/c1-9(2,13-3)6-8-12-11-7(14-8)4-5-10/h4-6,10H2,1-3H3. The van der Waals surface area contributed by atoms with Gasteiger partial charge >= 0.3 is 0 Å². The first-order valence-corrected chi connectivity index (χ1v) is 5.45. The summed E-state index contributed by atoms with van der Waals surface area (Å²) in [6, 6.07) is 0. The molecule has 1 aromatic rings. The van der Waals surface area contributed by atoms with E-state index in [-0.39, 0.29) is 5.60 Å². The van der Waals surface area contributed by atoms with Crippen molar-refractivity contribution in [3.63, 3.8) is 0 Å². The van der Waals surface area contributed by atoms with E-state index in [1.807, 2.05) is 13.8 Å². The van der Waals surface area contributed by atoms with Crippen molar-refractivity contribution in [2.75, 3.05) is 13.7 Å². The van der Waals surface area contributed by atoms with Crippen molar-refractivity contribution in [2.45, 2.75) is 32.3 Å². The lowest BCUT2D eigenvalue weighted by molar-refractivity contribution is 0.0230. The molecular weight excluding hydrogens is 198 g/mol. The summed E-state index contributed by atoms with van der Waals surface area (Å²) >= 11 is 1.62. The molecule has 0 aliphatic rings. The molecule has 0 aromatic carbocycles. The molecule has 1 rings (SSSR count). The minimum absolute atomic E-state index is 0.167. The molecule has 1 aromatic heterocycles. The van der Waals surface area contributed by atoms with Gasteiger partial charge in [0, 0.05) is 20.0 Å². The Bertz CT molecular complexity index is 285. The molecule has 2 N–H and O–H groups in total. The normalized spacial score (nSPS) is 12.0. The van der Waals surface area contributed by atoms with Crippen LogP contribution in [0.5, 0.6) is 0 Å². The van der Waals surface area contributed by atoms with Gasteiger partial charge in [0.1, 0.15) is 10.0 Å². The van der Waals surface area contributed by atoms with Crippen LogP contribution in [0.2, 0.25) is 0 Å². The Morgan fingerprint density at radius 3 is 2.57 bits per heavy atom. The Balaban J connectivity index is 2.59.